The topological polar surface area (TPSA) is 88.7 Å². The van der Waals surface area contributed by atoms with E-state index in [1.54, 1.807) is 23.2 Å². The van der Waals surface area contributed by atoms with Crippen molar-refractivity contribution in [1.29, 1.82) is 0 Å². The van der Waals surface area contributed by atoms with E-state index in [9.17, 15) is 14.4 Å². The van der Waals surface area contributed by atoms with E-state index >= 15 is 0 Å². The molecule has 8 nitrogen and oxygen atoms in total. The fraction of sp³-hybridized carbons (Fsp3) is 0.529. The first kappa shape index (κ1) is 17.2. The lowest BCUT2D eigenvalue weighted by molar-refractivity contribution is -0.129. The summed E-state index contributed by atoms with van der Waals surface area (Å²) in [5.41, 5.74) is 0.341. The van der Waals surface area contributed by atoms with E-state index in [0.29, 0.717) is 37.7 Å². The van der Waals surface area contributed by atoms with Crippen LogP contribution in [0.4, 0.5) is 0 Å². The van der Waals surface area contributed by atoms with Crippen LogP contribution in [0.2, 0.25) is 0 Å². The van der Waals surface area contributed by atoms with Crippen LogP contribution in [0.25, 0.3) is 5.65 Å². The highest BCUT2D eigenvalue weighted by Crippen LogP contribution is 2.19. The number of hydrogen-bond donors (Lipinski definition) is 1. The van der Waals surface area contributed by atoms with Gasteiger partial charge in [0.2, 0.25) is 11.8 Å². The van der Waals surface area contributed by atoms with Gasteiger partial charge in [-0.05, 0) is 18.1 Å². The quantitative estimate of drug-likeness (QED) is 0.805. The second kappa shape index (κ2) is 7.08. The van der Waals surface area contributed by atoms with Gasteiger partial charge < -0.3 is 10.2 Å². The van der Waals surface area contributed by atoms with E-state index in [2.05, 4.69) is 10.4 Å². The predicted molar refractivity (Wildman–Crippen MR) is 92.0 cm³/mol. The Morgan fingerprint density at radius 2 is 2.16 bits per heavy atom. The number of likely N-dealkylation sites (tertiary alicyclic amines) is 1. The molecule has 1 aliphatic heterocycles. The van der Waals surface area contributed by atoms with Gasteiger partial charge in [-0.2, -0.15) is 0 Å². The monoisotopic (exact) mass is 345 g/mol. The first-order chi connectivity index (χ1) is 12.0. The first-order valence-electron chi connectivity index (χ1n) is 8.55. The molecule has 3 heterocycles. The maximum Gasteiger partial charge on any atom is 0.350 e. The molecule has 0 spiro atoms. The van der Waals surface area contributed by atoms with Crippen molar-refractivity contribution in [2.75, 3.05) is 19.6 Å². The molecule has 25 heavy (non-hydrogen) atoms. The van der Waals surface area contributed by atoms with Crippen LogP contribution in [-0.4, -0.2) is 50.5 Å². The molecule has 1 aliphatic rings. The molecule has 1 N–H and O–H groups in total. The van der Waals surface area contributed by atoms with Crippen molar-refractivity contribution < 1.29 is 9.59 Å². The molecule has 0 bridgehead atoms. The van der Waals surface area contributed by atoms with Crippen LogP contribution in [0.3, 0.4) is 0 Å². The van der Waals surface area contributed by atoms with Gasteiger partial charge in [-0.15, -0.1) is 5.10 Å². The summed E-state index contributed by atoms with van der Waals surface area (Å²) in [6.07, 6.45) is 1.92. The van der Waals surface area contributed by atoms with E-state index in [0.717, 1.165) is 0 Å². The third kappa shape index (κ3) is 3.72. The van der Waals surface area contributed by atoms with Crippen LogP contribution < -0.4 is 11.0 Å². The number of fused-ring (bicyclic) bond motifs is 1. The van der Waals surface area contributed by atoms with E-state index in [1.807, 2.05) is 19.9 Å². The van der Waals surface area contributed by atoms with Crippen LogP contribution in [-0.2, 0) is 16.1 Å². The number of nitrogens with one attached hydrogen (secondary N) is 1. The molecule has 2 aromatic rings. The second-order valence-corrected chi connectivity index (χ2v) is 6.82. The average molecular weight is 345 g/mol. The zero-order valence-electron chi connectivity index (χ0n) is 14.5. The van der Waals surface area contributed by atoms with Crippen LogP contribution in [0, 0.1) is 11.8 Å². The van der Waals surface area contributed by atoms with Gasteiger partial charge >= 0.3 is 5.69 Å². The summed E-state index contributed by atoms with van der Waals surface area (Å²) in [6, 6.07) is 5.33. The van der Waals surface area contributed by atoms with Crippen LogP contribution in [0.1, 0.15) is 20.3 Å². The number of carbonyl (C=O) groups excluding carboxylic acids is 2. The normalized spacial score (nSPS) is 17.6. The van der Waals surface area contributed by atoms with Crippen molar-refractivity contribution in [3.8, 4) is 0 Å². The standard InChI is InChI=1S/C17H23N5O3/c1-12(2)10-20-11-13(9-15(20)23)16(24)18-6-8-22-17(25)21-7-4-3-5-14(21)19-22/h3-5,7,12-13H,6,8-11H2,1-2H3,(H,18,24)/t13-/m0/s1. The minimum Gasteiger partial charge on any atom is -0.354 e. The van der Waals surface area contributed by atoms with Gasteiger partial charge in [0, 0.05) is 32.3 Å². The third-order valence-corrected chi connectivity index (χ3v) is 4.28. The number of rotatable bonds is 6. The van der Waals surface area contributed by atoms with Crippen LogP contribution in [0.15, 0.2) is 29.2 Å². The lowest BCUT2D eigenvalue weighted by atomic mass is 10.1. The third-order valence-electron chi connectivity index (χ3n) is 4.28. The molecule has 2 amide bonds. The Bertz CT molecular complexity index is 838. The Morgan fingerprint density at radius 1 is 1.36 bits per heavy atom. The molecule has 8 heteroatoms. The minimum atomic E-state index is -0.316. The Kier molecular flexibility index (Phi) is 4.87. The molecule has 0 aliphatic carbocycles. The SMILES string of the molecule is CC(C)CN1C[C@@H](C(=O)NCCn2nc3ccccn3c2=O)CC1=O. The number of hydrogen-bond acceptors (Lipinski definition) is 4. The van der Waals surface area contributed by atoms with Crippen molar-refractivity contribution in [3.63, 3.8) is 0 Å². The Labute approximate surface area is 145 Å². The molecular weight excluding hydrogens is 322 g/mol. The molecular formula is C17H23N5O3. The summed E-state index contributed by atoms with van der Waals surface area (Å²) in [5, 5.41) is 7.03. The van der Waals surface area contributed by atoms with Crippen molar-refractivity contribution >= 4 is 17.5 Å². The molecule has 1 fully saturated rings. The van der Waals surface area contributed by atoms with Gasteiger partial charge in [-0.25, -0.2) is 9.48 Å². The molecule has 0 saturated carbocycles. The largest absolute Gasteiger partial charge is 0.354 e. The maximum atomic E-state index is 12.3. The van der Waals surface area contributed by atoms with Crippen molar-refractivity contribution in [2.45, 2.75) is 26.8 Å². The smallest absolute Gasteiger partial charge is 0.350 e. The van der Waals surface area contributed by atoms with E-state index in [-0.39, 0.29) is 29.8 Å². The molecule has 134 valence electrons. The molecule has 0 aromatic carbocycles. The van der Waals surface area contributed by atoms with Gasteiger partial charge in [0.05, 0.1) is 12.5 Å². The highest BCUT2D eigenvalue weighted by atomic mass is 16.2. The summed E-state index contributed by atoms with van der Waals surface area (Å²) in [7, 11) is 0. The summed E-state index contributed by atoms with van der Waals surface area (Å²) >= 11 is 0. The lowest BCUT2D eigenvalue weighted by Gasteiger charge is -2.18. The Balaban J connectivity index is 1.53. The number of nitrogens with zero attached hydrogens (tertiary/aromatic N) is 4. The molecule has 1 saturated heterocycles. The molecule has 1 atom stereocenters. The Hall–Kier alpha value is -2.64. The molecule has 2 aromatic heterocycles. The van der Waals surface area contributed by atoms with E-state index < -0.39 is 0 Å². The van der Waals surface area contributed by atoms with E-state index in [4.69, 9.17) is 0 Å². The Morgan fingerprint density at radius 3 is 2.88 bits per heavy atom. The van der Waals surface area contributed by atoms with Gasteiger partial charge in [0.1, 0.15) is 0 Å². The summed E-state index contributed by atoms with van der Waals surface area (Å²) in [6.45, 7) is 5.84. The van der Waals surface area contributed by atoms with Crippen molar-refractivity contribution in [1.82, 2.24) is 24.4 Å². The predicted octanol–water partition coefficient (Wildman–Crippen LogP) is 0.117. The van der Waals surface area contributed by atoms with E-state index in [1.165, 1.54) is 9.08 Å². The summed E-state index contributed by atoms with van der Waals surface area (Å²) in [5.74, 6) is -0.0430. The van der Waals surface area contributed by atoms with Crippen LogP contribution in [0.5, 0.6) is 0 Å². The molecule has 0 radical (unpaired) electrons. The van der Waals surface area contributed by atoms with Gasteiger partial charge in [-0.3, -0.25) is 14.0 Å². The lowest BCUT2D eigenvalue weighted by Crippen LogP contribution is -2.36. The maximum absolute atomic E-state index is 12.3. The fourth-order valence-electron chi connectivity index (χ4n) is 3.11. The zero-order chi connectivity index (χ0) is 18.0. The minimum absolute atomic E-state index is 0.0328. The number of carbonyl (C=O) groups is 2. The number of aromatic nitrogens is 3. The summed E-state index contributed by atoms with van der Waals surface area (Å²) < 4.78 is 2.79. The first-order valence-corrected chi connectivity index (χ1v) is 8.55. The molecule has 3 rings (SSSR count). The number of pyridine rings is 1. The highest BCUT2D eigenvalue weighted by molar-refractivity contribution is 5.89. The van der Waals surface area contributed by atoms with Crippen molar-refractivity contribution in [2.24, 2.45) is 11.8 Å². The summed E-state index contributed by atoms with van der Waals surface area (Å²) in [4.78, 5) is 38.1. The van der Waals surface area contributed by atoms with Gasteiger partial charge in [0.15, 0.2) is 5.65 Å². The van der Waals surface area contributed by atoms with Gasteiger partial charge in [0.25, 0.3) is 0 Å². The fourth-order valence-corrected chi connectivity index (χ4v) is 3.11. The second-order valence-electron chi connectivity index (χ2n) is 6.82. The van der Waals surface area contributed by atoms with Gasteiger partial charge in [-0.1, -0.05) is 19.9 Å². The zero-order valence-corrected chi connectivity index (χ0v) is 14.5. The average Bonchev–Trinajstić information content (AvgIpc) is 3.08. The van der Waals surface area contributed by atoms with Crippen LogP contribution >= 0.6 is 0 Å². The highest BCUT2D eigenvalue weighted by Gasteiger charge is 2.34. The molecule has 0 unspecified atom stereocenters. The number of amides is 2. The van der Waals surface area contributed by atoms with Crippen molar-refractivity contribution in [3.05, 3.63) is 34.9 Å².